The lowest BCUT2D eigenvalue weighted by Gasteiger charge is -2.36. The predicted molar refractivity (Wildman–Crippen MR) is 105 cm³/mol. The van der Waals surface area contributed by atoms with E-state index in [0.717, 1.165) is 44.0 Å². The number of rotatable bonds is 5. The van der Waals surface area contributed by atoms with Gasteiger partial charge in [-0.05, 0) is 50.6 Å². The summed E-state index contributed by atoms with van der Waals surface area (Å²) in [7, 11) is 0. The van der Waals surface area contributed by atoms with Crippen LogP contribution < -0.4 is 15.1 Å². The van der Waals surface area contributed by atoms with Crippen molar-refractivity contribution in [1.82, 2.24) is 15.3 Å². The number of anilines is 2. The number of piperazine rings is 1. The van der Waals surface area contributed by atoms with E-state index in [1.165, 1.54) is 12.1 Å². The fourth-order valence-electron chi connectivity index (χ4n) is 3.03. The third-order valence-corrected chi connectivity index (χ3v) is 4.82. The Hall–Kier alpha value is -2.70. The summed E-state index contributed by atoms with van der Waals surface area (Å²) in [6, 6.07) is 8.38. The van der Waals surface area contributed by atoms with E-state index in [1.54, 1.807) is 18.2 Å². The molecular weight excluding hydrogens is 345 g/mol. The molecule has 1 aliphatic rings. The molecule has 0 radical (unpaired) electrons. The van der Waals surface area contributed by atoms with Gasteiger partial charge in [0.15, 0.2) is 0 Å². The van der Waals surface area contributed by atoms with E-state index in [1.807, 2.05) is 20.8 Å². The van der Waals surface area contributed by atoms with Crippen LogP contribution in [0.1, 0.15) is 36.5 Å². The zero-order valence-electron chi connectivity index (χ0n) is 16.1. The summed E-state index contributed by atoms with van der Waals surface area (Å²) in [6.45, 7) is 8.94. The van der Waals surface area contributed by atoms with Gasteiger partial charge in [-0.25, -0.2) is 14.4 Å². The van der Waals surface area contributed by atoms with Crippen molar-refractivity contribution in [3.8, 4) is 0 Å². The van der Waals surface area contributed by atoms with Crippen LogP contribution in [0.4, 0.5) is 16.0 Å². The molecule has 2 heterocycles. The van der Waals surface area contributed by atoms with E-state index < -0.39 is 0 Å². The highest BCUT2D eigenvalue weighted by atomic mass is 19.1. The van der Waals surface area contributed by atoms with Gasteiger partial charge in [0, 0.05) is 43.6 Å². The van der Waals surface area contributed by atoms with Gasteiger partial charge in [0.05, 0.1) is 0 Å². The minimum Gasteiger partial charge on any atom is -0.368 e. The van der Waals surface area contributed by atoms with Gasteiger partial charge >= 0.3 is 0 Å². The topological polar surface area (TPSA) is 61.4 Å². The summed E-state index contributed by atoms with van der Waals surface area (Å²) < 4.78 is 13.1. The van der Waals surface area contributed by atoms with Crippen LogP contribution in [-0.4, -0.2) is 48.1 Å². The van der Waals surface area contributed by atoms with Crippen molar-refractivity contribution in [3.05, 3.63) is 47.5 Å². The maximum Gasteiger partial charge on any atom is 0.270 e. The normalized spacial score (nSPS) is 15.6. The Morgan fingerprint density at radius 2 is 1.78 bits per heavy atom. The van der Waals surface area contributed by atoms with E-state index in [-0.39, 0.29) is 17.8 Å². The van der Waals surface area contributed by atoms with E-state index in [9.17, 15) is 9.18 Å². The minimum absolute atomic E-state index is 0.107. The van der Waals surface area contributed by atoms with E-state index >= 15 is 0 Å². The second kappa shape index (κ2) is 8.33. The second-order valence-electron chi connectivity index (χ2n) is 6.93. The molecule has 0 bridgehead atoms. The van der Waals surface area contributed by atoms with Crippen LogP contribution in [0.15, 0.2) is 30.3 Å². The third kappa shape index (κ3) is 4.72. The van der Waals surface area contributed by atoms with Gasteiger partial charge in [-0.15, -0.1) is 0 Å². The highest BCUT2D eigenvalue weighted by Gasteiger charge is 2.21. The van der Waals surface area contributed by atoms with Crippen molar-refractivity contribution in [3.63, 3.8) is 0 Å². The quantitative estimate of drug-likeness (QED) is 0.876. The van der Waals surface area contributed by atoms with Gasteiger partial charge in [0.2, 0.25) is 5.95 Å². The molecule has 7 heteroatoms. The van der Waals surface area contributed by atoms with Crippen LogP contribution in [0.2, 0.25) is 0 Å². The molecule has 1 amide bonds. The molecule has 1 unspecified atom stereocenters. The first-order valence-electron chi connectivity index (χ1n) is 9.38. The fourth-order valence-corrected chi connectivity index (χ4v) is 3.03. The van der Waals surface area contributed by atoms with Crippen molar-refractivity contribution in [2.45, 2.75) is 33.2 Å². The molecule has 0 spiro atoms. The summed E-state index contributed by atoms with van der Waals surface area (Å²) in [5.41, 5.74) is 2.18. The van der Waals surface area contributed by atoms with Crippen molar-refractivity contribution in [2.75, 3.05) is 36.0 Å². The number of halogens is 1. The first-order valence-corrected chi connectivity index (χ1v) is 9.38. The lowest BCUT2D eigenvalue weighted by molar-refractivity contribution is 0.0934. The maximum atomic E-state index is 13.1. The van der Waals surface area contributed by atoms with Crippen LogP contribution in [0.25, 0.3) is 0 Å². The van der Waals surface area contributed by atoms with Crippen molar-refractivity contribution >= 4 is 17.5 Å². The molecule has 27 heavy (non-hydrogen) atoms. The van der Waals surface area contributed by atoms with Crippen molar-refractivity contribution in [1.29, 1.82) is 0 Å². The van der Waals surface area contributed by atoms with Gasteiger partial charge in [-0.1, -0.05) is 6.92 Å². The number of hydrogen-bond donors (Lipinski definition) is 1. The lowest BCUT2D eigenvalue weighted by Crippen LogP contribution is -2.47. The third-order valence-electron chi connectivity index (χ3n) is 4.82. The highest BCUT2D eigenvalue weighted by Crippen LogP contribution is 2.19. The Bertz CT molecular complexity index is 787. The number of aryl methyl sites for hydroxylation is 1. The Morgan fingerprint density at radius 3 is 2.41 bits per heavy atom. The SMILES string of the molecule is CCC(C)NC(=O)c1cc(C)nc(N2CCN(c3ccc(F)cc3)CC2)n1. The first-order chi connectivity index (χ1) is 13.0. The number of nitrogens with zero attached hydrogens (tertiary/aromatic N) is 4. The van der Waals surface area contributed by atoms with E-state index in [0.29, 0.717) is 11.6 Å². The molecule has 1 fully saturated rings. The number of aromatic nitrogens is 2. The number of hydrogen-bond acceptors (Lipinski definition) is 5. The zero-order chi connectivity index (χ0) is 19.4. The van der Waals surface area contributed by atoms with E-state index in [4.69, 9.17) is 0 Å². The molecule has 1 saturated heterocycles. The van der Waals surface area contributed by atoms with E-state index in [2.05, 4.69) is 25.1 Å². The standard InChI is InChI=1S/C20H26FN5O/c1-4-14(2)22-19(27)18-13-15(3)23-20(24-18)26-11-9-25(10-12-26)17-7-5-16(21)6-8-17/h5-8,13-14H,4,9-12H2,1-3H3,(H,22,27). The zero-order valence-corrected chi connectivity index (χ0v) is 16.1. The number of amides is 1. The average Bonchev–Trinajstić information content (AvgIpc) is 2.68. The molecular formula is C20H26FN5O. The smallest absolute Gasteiger partial charge is 0.270 e. The molecule has 6 nitrogen and oxygen atoms in total. The Kier molecular flexibility index (Phi) is 5.88. The fraction of sp³-hybridized carbons (Fsp3) is 0.450. The molecule has 1 aromatic carbocycles. The predicted octanol–water partition coefficient (Wildman–Crippen LogP) is 2.78. The average molecular weight is 371 g/mol. The minimum atomic E-state index is -0.228. The van der Waals surface area contributed by atoms with Crippen LogP contribution in [0, 0.1) is 12.7 Å². The molecule has 1 atom stereocenters. The molecule has 1 N–H and O–H groups in total. The molecule has 1 aliphatic heterocycles. The van der Waals surface area contributed by atoms with Gasteiger partial charge < -0.3 is 15.1 Å². The second-order valence-corrected chi connectivity index (χ2v) is 6.93. The Labute approximate surface area is 159 Å². The number of nitrogens with one attached hydrogen (secondary N) is 1. The first kappa shape index (κ1) is 19.1. The van der Waals surface area contributed by atoms with Gasteiger partial charge in [0.1, 0.15) is 11.5 Å². The summed E-state index contributed by atoms with van der Waals surface area (Å²) in [6.07, 6.45) is 0.869. The molecule has 0 aliphatic carbocycles. The van der Waals surface area contributed by atoms with Crippen molar-refractivity contribution in [2.24, 2.45) is 0 Å². The monoisotopic (exact) mass is 371 g/mol. The Morgan fingerprint density at radius 1 is 1.15 bits per heavy atom. The summed E-state index contributed by atoms with van der Waals surface area (Å²) in [5.74, 6) is 0.192. The van der Waals surface area contributed by atoms with Crippen LogP contribution >= 0.6 is 0 Å². The summed E-state index contributed by atoms with van der Waals surface area (Å²) in [4.78, 5) is 25.7. The van der Waals surface area contributed by atoms with Gasteiger partial charge in [-0.3, -0.25) is 4.79 Å². The number of benzene rings is 1. The summed E-state index contributed by atoms with van der Waals surface area (Å²) in [5, 5.41) is 2.95. The largest absolute Gasteiger partial charge is 0.368 e. The van der Waals surface area contributed by atoms with Crippen LogP contribution in [0.5, 0.6) is 0 Å². The molecule has 3 rings (SSSR count). The molecule has 144 valence electrons. The molecule has 2 aromatic rings. The lowest BCUT2D eigenvalue weighted by atomic mass is 10.2. The van der Waals surface area contributed by atoms with Gasteiger partial charge in [0.25, 0.3) is 5.91 Å². The van der Waals surface area contributed by atoms with Crippen molar-refractivity contribution < 1.29 is 9.18 Å². The molecule has 0 saturated carbocycles. The number of carbonyl (C=O) groups is 1. The Balaban J connectivity index is 1.68. The maximum absolute atomic E-state index is 13.1. The van der Waals surface area contributed by atoms with Crippen LogP contribution in [0.3, 0.4) is 0 Å². The van der Waals surface area contributed by atoms with Crippen LogP contribution in [-0.2, 0) is 0 Å². The number of carbonyl (C=O) groups excluding carboxylic acids is 1. The summed E-state index contributed by atoms with van der Waals surface area (Å²) >= 11 is 0. The highest BCUT2D eigenvalue weighted by molar-refractivity contribution is 5.92. The van der Waals surface area contributed by atoms with Gasteiger partial charge in [-0.2, -0.15) is 0 Å². The molecule has 1 aromatic heterocycles.